The van der Waals surface area contributed by atoms with E-state index in [9.17, 15) is 4.39 Å². The summed E-state index contributed by atoms with van der Waals surface area (Å²) >= 11 is 6.35. The van der Waals surface area contributed by atoms with Gasteiger partial charge in [-0.25, -0.2) is 4.39 Å². The quantitative estimate of drug-likeness (QED) is 0.616. The molecular weight excluding hydrogens is 311 g/mol. The topological polar surface area (TPSA) is 9.23 Å². The Morgan fingerprint density at radius 1 is 1.13 bits per heavy atom. The number of halogens is 2. The fraction of sp³-hybridized carbons (Fsp3) is 0.350. The van der Waals surface area contributed by atoms with Gasteiger partial charge in [0.2, 0.25) is 6.17 Å². The fourth-order valence-corrected chi connectivity index (χ4v) is 2.62. The molecule has 123 valence electrons. The van der Waals surface area contributed by atoms with E-state index in [0.717, 1.165) is 23.3 Å². The van der Waals surface area contributed by atoms with Crippen molar-refractivity contribution in [2.24, 2.45) is 5.92 Å². The third-order valence-electron chi connectivity index (χ3n) is 3.71. The predicted molar refractivity (Wildman–Crippen MR) is 94.9 cm³/mol. The minimum Gasteiger partial charge on any atom is -0.493 e. The van der Waals surface area contributed by atoms with Gasteiger partial charge in [-0.05, 0) is 48.1 Å². The summed E-state index contributed by atoms with van der Waals surface area (Å²) in [4.78, 5) is 0. The maximum atomic E-state index is 15.0. The summed E-state index contributed by atoms with van der Waals surface area (Å²) in [6.45, 7) is 8.72. The maximum absolute atomic E-state index is 15.0. The normalized spacial score (nSPS) is 11.3. The van der Waals surface area contributed by atoms with Crippen molar-refractivity contribution >= 4 is 11.6 Å². The fourth-order valence-electron chi connectivity index (χ4n) is 2.36. The molecule has 0 unspecified atom stereocenters. The van der Waals surface area contributed by atoms with Crippen molar-refractivity contribution in [2.75, 3.05) is 6.61 Å². The molecule has 1 radical (unpaired) electrons. The lowest BCUT2D eigenvalue weighted by atomic mass is 9.94. The molecule has 0 saturated heterocycles. The van der Waals surface area contributed by atoms with E-state index in [1.54, 1.807) is 24.3 Å². The van der Waals surface area contributed by atoms with Crippen LogP contribution in [0.25, 0.3) is 0 Å². The van der Waals surface area contributed by atoms with Gasteiger partial charge in [0.25, 0.3) is 0 Å². The summed E-state index contributed by atoms with van der Waals surface area (Å²) in [6.07, 6.45) is 0.448. The van der Waals surface area contributed by atoms with Crippen LogP contribution in [0.2, 0.25) is 5.02 Å². The van der Waals surface area contributed by atoms with Gasteiger partial charge in [0.05, 0.1) is 11.6 Å². The van der Waals surface area contributed by atoms with Gasteiger partial charge < -0.3 is 4.74 Å². The van der Waals surface area contributed by atoms with Gasteiger partial charge in [-0.1, -0.05) is 56.6 Å². The lowest BCUT2D eigenvalue weighted by Gasteiger charge is -2.16. The molecule has 0 N–H and O–H groups in total. The van der Waals surface area contributed by atoms with Gasteiger partial charge in [-0.3, -0.25) is 0 Å². The van der Waals surface area contributed by atoms with Crippen LogP contribution < -0.4 is 4.74 Å². The Bertz CT molecular complexity index is 649. The lowest BCUT2D eigenvalue weighted by molar-refractivity contribution is 0.271. The van der Waals surface area contributed by atoms with Gasteiger partial charge in [0.15, 0.2) is 0 Å². The Morgan fingerprint density at radius 2 is 1.78 bits per heavy atom. The summed E-state index contributed by atoms with van der Waals surface area (Å²) in [5.74, 6) is 1.21. The molecule has 0 fully saturated rings. The van der Waals surface area contributed by atoms with Crippen LogP contribution in [0.3, 0.4) is 0 Å². The molecule has 0 spiro atoms. The van der Waals surface area contributed by atoms with E-state index >= 15 is 0 Å². The predicted octanol–water partition coefficient (Wildman–Crippen LogP) is 6.14. The molecule has 0 saturated carbocycles. The van der Waals surface area contributed by atoms with Crippen LogP contribution in [0, 0.1) is 19.0 Å². The van der Waals surface area contributed by atoms with Gasteiger partial charge in [0, 0.05) is 5.56 Å². The first-order valence-corrected chi connectivity index (χ1v) is 8.35. The Balaban J connectivity index is 2.27. The third kappa shape index (κ3) is 4.26. The molecule has 2 aromatic carbocycles. The molecule has 2 rings (SSSR count). The highest BCUT2D eigenvalue weighted by Crippen LogP contribution is 2.36. The van der Waals surface area contributed by atoms with Crippen molar-refractivity contribution in [1.82, 2.24) is 0 Å². The summed E-state index contributed by atoms with van der Waals surface area (Å²) in [5, 5.41) is 0.488. The molecular formula is C20H23ClFO. The summed E-state index contributed by atoms with van der Waals surface area (Å²) in [7, 11) is 0. The summed E-state index contributed by atoms with van der Waals surface area (Å²) in [5.41, 5.74) is 2.82. The summed E-state index contributed by atoms with van der Waals surface area (Å²) in [6, 6.07) is 10.9. The van der Waals surface area contributed by atoms with Crippen molar-refractivity contribution < 1.29 is 9.13 Å². The van der Waals surface area contributed by atoms with E-state index in [0.29, 0.717) is 28.7 Å². The Morgan fingerprint density at radius 3 is 2.35 bits per heavy atom. The minimum absolute atomic E-state index is 0.286. The average molecular weight is 334 g/mol. The van der Waals surface area contributed by atoms with E-state index in [1.807, 2.05) is 26.0 Å². The number of hydrogen-bond donors (Lipinski definition) is 0. The van der Waals surface area contributed by atoms with E-state index in [2.05, 4.69) is 13.8 Å². The van der Waals surface area contributed by atoms with Crippen LogP contribution in [0.5, 0.6) is 5.75 Å². The monoisotopic (exact) mass is 333 g/mol. The zero-order valence-electron chi connectivity index (χ0n) is 14.1. The Labute approximate surface area is 143 Å². The Kier molecular flexibility index (Phi) is 6.06. The number of benzene rings is 2. The second kappa shape index (κ2) is 7.83. The molecule has 1 nitrogen and oxygen atoms in total. The van der Waals surface area contributed by atoms with Gasteiger partial charge >= 0.3 is 0 Å². The first-order valence-electron chi connectivity index (χ1n) is 7.98. The molecule has 0 aliphatic rings. The van der Waals surface area contributed by atoms with E-state index < -0.39 is 0 Å². The average Bonchev–Trinajstić information content (AvgIpc) is 2.55. The first-order chi connectivity index (χ1) is 10.9. The summed E-state index contributed by atoms with van der Waals surface area (Å²) < 4.78 is 20.6. The Hall–Kier alpha value is -1.54. The molecule has 0 aliphatic heterocycles. The van der Waals surface area contributed by atoms with E-state index in [1.165, 1.54) is 0 Å². The molecule has 0 aromatic heterocycles. The van der Waals surface area contributed by atoms with Crippen LogP contribution in [-0.2, 0) is 6.42 Å². The number of rotatable bonds is 6. The van der Waals surface area contributed by atoms with E-state index in [-0.39, 0.29) is 6.17 Å². The smallest absolute Gasteiger partial charge is 0.205 e. The highest BCUT2D eigenvalue weighted by atomic mass is 35.5. The van der Waals surface area contributed by atoms with Gasteiger partial charge in [0.1, 0.15) is 5.75 Å². The second-order valence-corrected chi connectivity index (χ2v) is 6.51. The van der Waals surface area contributed by atoms with Crippen molar-refractivity contribution in [2.45, 2.75) is 34.1 Å². The maximum Gasteiger partial charge on any atom is 0.205 e. The third-order valence-corrected chi connectivity index (χ3v) is 4.20. The van der Waals surface area contributed by atoms with Crippen molar-refractivity contribution in [3.8, 4) is 5.75 Å². The van der Waals surface area contributed by atoms with Crippen molar-refractivity contribution in [3.05, 3.63) is 69.8 Å². The second-order valence-electron chi connectivity index (χ2n) is 6.13. The standard InChI is InChI=1S/C20H23ClFO/c1-5-15-7-6-14(4)19(21)18(15)20(22)16-8-10-17(11-9-16)23-12-13(2)3/h6-11,13H,5,12H2,1-4H3. The molecule has 3 heteroatoms. The van der Waals surface area contributed by atoms with E-state index in [4.69, 9.17) is 16.3 Å². The molecule has 0 bridgehead atoms. The van der Waals surface area contributed by atoms with Crippen LogP contribution >= 0.6 is 11.6 Å². The first kappa shape index (κ1) is 17.8. The largest absolute Gasteiger partial charge is 0.493 e. The molecule has 2 aromatic rings. The molecule has 0 atom stereocenters. The van der Waals surface area contributed by atoms with Crippen LogP contribution in [0.15, 0.2) is 36.4 Å². The number of hydrogen-bond acceptors (Lipinski definition) is 1. The molecule has 23 heavy (non-hydrogen) atoms. The molecule has 0 amide bonds. The molecule has 0 heterocycles. The van der Waals surface area contributed by atoms with Crippen molar-refractivity contribution in [1.29, 1.82) is 0 Å². The van der Waals surface area contributed by atoms with Crippen LogP contribution in [0.1, 0.15) is 43.0 Å². The van der Waals surface area contributed by atoms with Gasteiger partial charge in [-0.2, -0.15) is 0 Å². The van der Waals surface area contributed by atoms with Crippen LogP contribution in [0.4, 0.5) is 4.39 Å². The van der Waals surface area contributed by atoms with Gasteiger partial charge in [-0.15, -0.1) is 0 Å². The SMILES string of the molecule is CCc1ccc(C)c(Cl)c1[C](F)c1ccc(OCC(C)C)cc1. The molecule has 0 aliphatic carbocycles. The number of ether oxygens (including phenoxy) is 1. The zero-order valence-corrected chi connectivity index (χ0v) is 14.9. The highest BCUT2D eigenvalue weighted by molar-refractivity contribution is 6.32. The highest BCUT2D eigenvalue weighted by Gasteiger charge is 2.22. The van der Waals surface area contributed by atoms with Crippen molar-refractivity contribution in [3.63, 3.8) is 0 Å². The van der Waals surface area contributed by atoms with Crippen LogP contribution in [-0.4, -0.2) is 6.61 Å². The number of aryl methyl sites for hydroxylation is 2. The minimum atomic E-state index is -0.286. The lowest BCUT2D eigenvalue weighted by Crippen LogP contribution is -2.05. The zero-order chi connectivity index (χ0) is 17.0.